The van der Waals surface area contributed by atoms with Crippen LogP contribution in [0.4, 0.5) is 5.69 Å². The first-order chi connectivity index (χ1) is 14.6. The van der Waals surface area contributed by atoms with Crippen molar-refractivity contribution in [2.24, 2.45) is 0 Å². The van der Waals surface area contributed by atoms with Crippen molar-refractivity contribution in [2.45, 2.75) is 25.0 Å². The third-order valence-electron chi connectivity index (χ3n) is 4.42. The Hall–Kier alpha value is -2.06. The molecule has 154 valence electrons. The zero-order chi connectivity index (χ0) is 21.1. The molecule has 1 amide bonds. The number of nitrogens with one attached hydrogen (secondary N) is 1. The molecule has 2 aromatic carbocycles. The van der Waals surface area contributed by atoms with E-state index in [1.54, 1.807) is 29.5 Å². The van der Waals surface area contributed by atoms with Gasteiger partial charge in [0.2, 0.25) is 5.91 Å². The fourth-order valence-electron chi connectivity index (χ4n) is 3.08. The van der Waals surface area contributed by atoms with Gasteiger partial charge in [-0.05, 0) is 30.7 Å². The lowest BCUT2D eigenvalue weighted by Crippen LogP contribution is -2.15. The van der Waals surface area contributed by atoms with Crippen LogP contribution in [0.15, 0.2) is 53.0 Å². The lowest BCUT2D eigenvalue weighted by Gasteiger charge is -2.09. The van der Waals surface area contributed by atoms with E-state index in [0.29, 0.717) is 15.7 Å². The van der Waals surface area contributed by atoms with Crippen LogP contribution < -0.4 is 5.32 Å². The van der Waals surface area contributed by atoms with Gasteiger partial charge in [-0.1, -0.05) is 60.1 Å². The highest BCUT2D eigenvalue weighted by atomic mass is 35.5. The van der Waals surface area contributed by atoms with Gasteiger partial charge in [0.1, 0.15) is 0 Å². The zero-order valence-electron chi connectivity index (χ0n) is 16.1. The Kier molecular flexibility index (Phi) is 6.63. The Morgan fingerprint density at radius 1 is 1.20 bits per heavy atom. The molecule has 2 heterocycles. The van der Waals surface area contributed by atoms with Crippen molar-refractivity contribution in [1.29, 1.82) is 0 Å². The Labute approximate surface area is 192 Å². The van der Waals surface area contributed by atoms with Crippen molar-refractivity contribution in [3.63, 3.8) is 0 Å². The maximum absolute atomic E-state index is 12.4. The Bertz CT molecular complexity index is 1200. The van der Waals surface area contributed by atoms with Crippen LogP contribution in [0.3, 0.4) is 0 Å². The molecule has 0 aliphatic carbocycles. The molecule has 0 saturated carbocycles. The van der Waals surface area contributed by atoms with Gasteiger partial charge in [-0.3, -0.25) is 4.79 Å². The van der Waals surface area contributed by atoms with Crippen molar-refractivity contribution < 1.29 is 4.79 Å². The van der Waals surface area contributed by atoms with Gasteiger partial charge in [0.25, 0.3) is 0 Å². The minimum absolute atomic E-state index is 0.183. The normalized spacial score (nSPS) is 11.2. The summed E-state index contributed by atoms with van der Waals surface area (Å²) in [7, 11) is 0. The summed E-state index contributed by atoms with van der Waals surface area (Å²) in [6.45, 7) is 2.88. The summed E-state index contributed by atoms with van der Waals surface area (Å²) < 4.78 is 3.30. The number of thiophene rings is 1. The van der Waals surface area contributed by atoms with Gasteiger partial charge >= 0.3 is 0 Å². The molecule has 0 atom stereocenters. The lowest BCUT2D eigenvalue weighted by atomic mass is 10.1. The highest BCUT2D eigenvalue weighted by Gasteiger charge is 2.18. The molecular formula is C21H18Cl2N4OS2. The Balaban J connectivity index is 1.53. The molecule has 0 fully saturated rings. The number of nitrogens with zero attached hydrogens (tertiary/aromatic N) is 3. The number of thioether (sulfide) groups is 1. The number of halogens is 2. The monoisotopic (exact) mass is 476 g/mol. The van der Waals surface area contributed by atoms with Gasteiger partial charge < -0.3 is 9.88 Å². The van der Waals surface area contributed by atoms with E-state index in [9.17, 15) is 4.79 Å². The van der Waals surface area contributed by atoms with E-state index in [0.717, 1.165) is 34.9 Å². The predicted molar refractivity (Wildman–Crippen MR) is 127 cm³/mol. The quantitative estimate of drug-likeness (QED) is 0.305. The minimum Gasteiger partial charge on any atom is -0.324 e. The van der Waals surface area contributed by atoms with E-state index in [4.69, 9.17) is 23.2 Å². The molecule has 0 bridgehead atoms. The molecule has 5 nitrogen and oxygen atoms in total. The molecule has 0 radical (unpaired) electrons. The standard InChI is InChI=1S/C21H18Cl2N4OS2/c1-2-9-27-20(15-11-29-18-6-4-3-5-14(15)18)25-26-21(27)30-12-19(28)24-17-10-13(22)7-8-16(17)23/h3-8,10-11H,2,9,12H2,1H3,(H,24,28). The van der Waals surface area contributed by atoms with Crippen LogP contribution >= 0.6 is 46.3 Å². The van der Waals surface area contributed by atoms with E-state index in [1.165, 1.54) is 16.5 Å². The molecule has 4 aromatic rings. The van der Waals surface area contributed by atoms with E-state index in [-0.39, 0.29) is 11.7 Å². The summed E-state index contributed by atoms with van der Waals surface area (Å²) in [4.78, 5) is 12.4. The summed E-state index contributed by atoms with van der Waals surface area (Å²) in [5, 5.41) is 16.6. The van der Waals surface area contributed by atoms with Crippen LogP contribution in [0, 0.1) is 0 Å². The number of fused-ring (bicyclic) bond motifs is 1. The fourth-order valence-corrected chi connectivity index (χ4v) is 5.12. The van der Waals surface area contributed by atoms with E-state index >= 15 is 0 Å². The van der Waals surface area contributed by atoms with Gasteiger partial charge in [-0.25, -0.2) is 0 Å². The number of anilines is 1. The maximum Gasteiger partial charge on any atom is 0.234 e. The molecule has 0 unspecified atom stereocenters. The highest BCUT2D eigenvalue weighted by Crippen LogP contribution is 2.34. The highest BCUT2D eigenvalue weighted by molar-refractivity contribution is 7.99. The second kappa shape index (κ2) is 9.39. The smallest absolute Gasteiger partial charge is 0.234 e. The molecule has 0 saturated heterocycles. The van der Waals surface area contributed by atoms with Gasteiger partial charge in [-0.15, -0.1) is 21.5 Å². The Morgan fingerprint density at radius 3 is 2.87 bits per heavy atom. The summed E-state index contributed by atoms with van der Waals surface area (Å²) >= 11 is 15.2. The summed E-state index contributed by atoms with van der Waals surface area (Å²) in [5.74, 6) is 0.836. The van der Waals surface area contributed by atoms with Crippen LogP contribution in [0.1, 0.15) is 13.3 Å². The average molecular weight is 477 g/mol. The second-order valence-electron chi connectivity index (χ2n) is 6.56. The molecular weight excluding hydrogens is 459 g/mol. The van der Waals surface area contributed by atoms with E-state index in [2.05, 4.69) is 44.5 Å². The number of carbonyl (C=O) groups excluding carboxylic acids is 1. The zero-order valence-corrected chi connectivity index (χ0v) is 19.2. The van der Waals surface area contributed by atoms with Crippen molar-refractivity contribution in [1.82, 2.24) is 14.8 Å². The first-order valence-corrected chi connectivity index (χ1v) is 12.0. The molecule has 0 aliphatic rings. The molecule has 0 spiro atoms. The average Bonchev–Trinajstić information content (AvgIpc) is 3.33. The number of hydrogen-bond acceptors (Lipinski definition) is 5. The van der Waals surface area contributed by atoms with Crippen LogP contribution in [-0.2, 0) is 11.3 Å². The van der Waals surface area contributed by atoms with Crippen molar-refractivity contribution in [3.05, 3.63) is 57.9 Å². The summed E-state index contributed by atoms with van der Waals surface area (Å²) in [5.41, 5.74) is 1.56. The number of rotatable bonds is 7. The van der Waals surface area contributed by atoms with E-state index in [1.807, 2.05) is 12.1 Å². The lowest BCUT2D eigenvalue weighted by molar-refractivity contribution is -0.113. The summed E-state index contributed by atoms with van der Waals surface area (Å²) in [6.07, 6.45) is 0.936. The fraction of sp³-hybridized carbons (Fsp3) is 0.190. The third-order valence-corrected chi connectivity index (χ3v) is 6.92. The molecule has 4 rings (SSSR count). The second-order valence-corrected chi connectivity index (χ2v) is 9.26. The Morgan fingerprint density at radius 2 is 2.03 bits per heavy atom. The number of amides is 1. The number of benzene rings is 2. The van der Waals surface area contributed by atoms with Crippen LogP contribution in [0.5, 0.6) is 0 Å². The van der Waals surface area contributed by atoms with Crippen LogP contribution in [-0.4, -0.2) is 26.4 Å². The third kappa shape index (κ3) is 4.49. The van der Waals surface area contributed by atoms with Gasteiger partial charge in [0.05, 0.1) is 16.5 Å². The van der Waals surface area contributed by atoms with Crippen molar-refractivity contribution in [2.75, 3.05) is 11.1 Å². The van der Waals surface area contributed by atoms with Crippen molar-refractivity contribution >= 4 is 68.0 Å². The largest absolute Gasteiger partial charge is 0.324 e. The number of aromatic nitrogens is 3. The molecule has 0 aliphatic heterocycles. The summed E-state index contributed by atoms with van der Waals surface area (Å²) in [6, 6.07) is 13.2. The van der Waals surface area contributed by atoms with Crippen LogP contribution in [0.25, 0.3) is 21.5 Å². The van der Waals surface area contributed by atoms with Crippen molar-refractivity contribution in [3.8, 4) is 11.4 Å². The predicted octanol–water partition coefficient (Wildman–Crippen LogP) is 6.61. The van der Waals surface area contributed by atoms with Gasteiger partial charge in [-0.2, -0.15) is 0 Å². The molecule has 30 heavy (non-hydrogen) atoms. The molecule has 1 N–H and O–H groups in total. The first-order valence-electron chi connectivity index (χ1n) is 9.34. The molecule has 9 heteroatoms. The molecule has 2 aromatic heterocycles. The topological polar surface area (TPSA) is 59.8 Å². The first kappa shape index (κ1) is 21.2. The van der Waals surface area contributed by atoms with Gasteiger partial charge in [0.15, 0.2) is 11.0 Å². The van der Waals surface area contributed by atoms with E-state index < -0.39 is 0 Å². The number of hydrogen-bond donors (Lipinski definition) is 1. The maximum atomic E-state index is 12.4. The number of carbonyl (C=O) groups is 1. The minimum atomic E-state index is -0.183. The SMILES string of the molecule is CCCn1c(SCC(=O)Nc2cc(Cl)ccc2Cl)nnc1-c1csc2ccccc12. The van der Waals surface area contributed by atoms with Gasteiger partial charge in [0, 0.05) is 32.6 Å². The van der Waals surface area contributed by atoms with Crippen LogP contribution in [0.2, 0.25) is 10.0 Å².